The van der Waals surface area contributed by atoms with Gasteiger partial charge in [0.05, 0.1) is 5.48 Å². The van der Waals surface area contributed by atoms with Crippen LogP contribution in [0.4, 0.5) is 8.78 Å². The standard InChI is InChI=1S/C22H18ClF2N3O4/c23-15-4-2-14(3-5-15)22(24,25)21(32)26-10-12-1-6-16-13(9-12)11-28(20(16)31)17-7-8-18(29)27-19(17)30/h1-6,9,17H,7-8,10-11H2,(H,26,32)(H,27,29,30)/i1D,6D,9D,10D/hD. The number of piperidine rings is 1. The highest BCUT2D eigenvalue weighted by atomic mass is 35.5. The second-order valence-corrected chi connectivity index (χ2v) is 7.62. The SMILES string of the molecule is [2H]c1c([2H])c(C([2H])N([2H])C(=O)C(F)(F)c2ccc(Cl)cc2)c([2H])c2c1C(=O)N(C1CCC(=O)NC1=O)C2. The molecule has 0 bridgehead atoms. The summed E-state index contributed by atoms with van der Waals surface area (Å²) >= 11 is 5.68. The van der Waals surface area contributed by atoms with Crippen LogP contribution in [0.5, 0.6) is 0 Å². The Hall–Kier alpha value is -3.33. The number of halogens is 3. The molecule has 4 rings (SSSR count). The maximum Gasteiger partial charge on any atom is 0.349 e. The molecular formula is C22H18ClF2N3O4. The van der Waals surface area contributed by atoms with Gasteiger partial charge in [0.15, 0.2) is 1.41 Å². The van der Waals surface area contributed by atoms with Gasteiger partial charge in [-0.25, -0.2) is 0 Å². The Morgan fingerprint density at radius 3 is 2.72 bits per heavy atom. The molecule has 2 aliphatic heterocycles. The Balaban J connectivity index is 1.67. The maximum absolute atomic E-state index is 14.8. The zero-order valence-electron chi connectivity index (χ0n) is 21.2. The number of alkyl halides is 2. The maximum atomic E-state index is 14.8. The van der Waals surface area contributed by atoms with Crippen molar-refractivity contribution in [3.8, 4) is 0 Å². The van der Waals surface area contributed by atoms with E-state index in [2.05, 4.69) is 5.32 Å². The second-order valence-electron chi connectivity index (χ2n) is 7.19. The average molecular weight is 467 g/mol. The van der Waals surface area contributed by atoms with Crippen LogP contribution in [0.3, 0.4) is 0 Å². The van der Waals surface area contributed by atoms with Gasteiger partial charge in [0.2, 0.25) is 11.8 Å². The van der Waals surface area contributed by atoms with Crippen LogP contribution >= 0.6 is 11.6 Å². The molecule has 0 spiro atoms. The summed E-state index contributed by atoms with van der Waals surface area (Å²) in [4.78, 5) is 50.3. The molecule has 2 heterocycles. The Morgan fingerprint density at radius 2 is 2.03 bits per heavy atom. The summed E-state index contributed by atoms with van der Waals surface area (Å²) in [5.41, 5.74) is -2.00. The number of amides is 4. The first-order chi connectivity index (χ1) is 17.3. The van der Waals surface area contributed by atoms with E-state index in [0.29, 0.717) is 0 Å². The minimum absolute atomic E-state index is 0.00149. The number of hydrogen-bond donors (Lipinski definition) is 2. The molecule has 2 aliphatic rings. The van der Waals surface area contributed by atoms with Crippen molar-refractivity contribution in [3.63, 3.8) is 0 Å². The number of imide groups is 1. The molecule has 2 unspecified atom stereocenters. The third kappa shape index (κ3) is 4.08. The van der Waals surface area contributed by atoms with E-state index >= 15 is 0 Å². The number of carbonyl (C=O) groups is 4. The second kappa shape index (κ2) is 8.31. The quantitative estimate of drug-likeness (QED) is 0.662. The van der Waals surface area contributed by atoms with E-state index in [1.165, 1.54) is 0 Å². The molecule has 1 saturated heterocycles. The predicted octanol–water partition coefficient (Wildman–Crippen LogP) is 2.51. The lowest BCUT2D eigenvalue weighted by atomic mass is 10.0. The molecule has 0 radical (unpaired) electrons. The molecule has 0 aliphatic carbocycles. The summed E-state index contributed by atoms with van der Waals surface area (Å²) in [6, 6.07) is 0.674. The smallest absolute Gasteiger partial charge is 0.346 e. The van der Waals surface area contributed by atoms with Crippen molar-refractivity contribution >= 4 is 35.2 Å². The van der Waals surface area contributed by atoms with Crippen molar-refractivity contribution in [2.75, 3.05) is 0 Å². The number of fused-ring (bicyclic) bond motifs is 1. The van der Waals surface area contributed by atoms with Crippen LogP contribution < -0.4 is 10.6 Å². The molecule has 2 aromatic rings. The lowest BCUT2D eigenvalue weighted by molar-refractivity contribution is -0.147. The highest BCUT2D eigenvalue weighted by molar-refractivity contribution is 6.30. The molecule has 166 valence electrons. The van der Waals surface area contributed by atoms with E-state index in [1.807, 2.05) is 0 Å². The van der Waals surface area contributed by atoms with Crippen LogP contribution in [0.25, 0.3) is 0 Å². The summed E-state index contributed by atoms with van der Waals surface area (Å²) in [7, 11) is 0. The predicted molar refractivity (Wildman–Crippen MR) is 110 cm³/mol. The summed E-state index contributed by atoms with van der Waals surface area (Å²) in [5, 5.41) is 1.85. The number of rotatable bonds is 5. The molecule has 2 N–H and O–H groups in total. The molecular weight excluding hydrogens is 444 g/mol. The van der Waals surface area contributed by atoms with Gasteiger partial charge >= 0.3 is 5.92 Å². The zero-order chi connectivity index (χ0) is 27.4. The molecule has 2 atom stereocenters. The van der Waals surface area contributed by atoms with Gasteiger partial charge < -0.3 is 10.2 Å². The van der Waals surface area contributed by atoms with Gasteiger partial charge in [0.1, 0.15) is 6.04 Å². The fourth-order valence-electron chi connectivity index (χ4n) is 3.43. The molecule has 10 heteroatoms. The van der Waals surface area contributed by atoms with Crippen LogP contribution in [0.1, 0.15) is 45.4 Å². The van der Waals surface area contributed by atoms with Crippen LogP contribution in [-0.2, 0) is 33.4 Å². The summed E-state index contributed by atoms with van der Waals surface area (Å²) in [6.07, 6.45) is -0.0407. The van der Waals surface area contributed by atoms with Crippen molar-refractivity contribution in [3.05, 3.63) is 69.7 Å². The molecule has 4 amide bonds. The highest BCUT2D eigenvalue weighted by Gasteiger charge is 2.41. The summed E-state index contributed by atoms with van der Waals surface area (Å²) < 4.78 is 70.7. The monoisotopic (exact) mass is 466 g/mol. The summed E-state index contributed by atoms with van der Waals surface area (Å²) in [5.74, 6) is -8.45. The van der Waals surface area contributed by atoms with E-state index in [0.717, 1.165) is 29.2 Å². The van der Waals surface area contributed by atoms with Gasteiger partial charge in [-0.3, -0.25) is 24.5 Å². The lowest BCUT2D eigenvalue weighted by Crippen LogP contribution is -2.52. The van der Waals surface area contributed by atoms with Crippen LogP contribution in [0.15, 0.2) is 42.4 Å². The van der Waals surface area contributed by atoms with Crippen molar-refractivity contribution in [1.82, 2.24) is 15.5 Å². The first-order valence-electron chi connectivity index (χ1n) is 12.0. The Kier molecular flexibility index (Phi) is 4.24. The van der Waals surface area contributed by atoms with E-state index in [1.54, 1.807) is 0 Å². The average Bonchev–Trinajstić information content (AvgIpc) is 3.19. The topological polar surface area (TPSA) is 95.6 Å². The van der Waals surface area contributed by atoms with Gasteiger partial charge in [-0.05, 0) is 35.7 Å². The minimum atomic E-state index is -4.24. The van der Waals surface area contributed by atoms with Gasteiger partial charge in [0, 0.05) is 35.6 Å². The fraction of sp³-hybridized carbons (Fsp3) is 0.273. The van der Waals surface area contributed by atoms with E-state index < -0.39 is 71.4 Å². The Morgan fingerprint density at radius 1 is 1.31 bits per heavy atom. The zero-order valence-corrected chi connectivity index (χ0v) is 17.0. The Labute approximate surface area is 193 Å². The van der Waals surface area contributed by atoms with Gasteiger partial charge in [-0.1, -0.05) is 35.8 Å². The number of nitrogens with one attached hydrogen (secondary N) is 2. The molecule has 0 aromatic heterocycles. The molecule has 0 saturated carbocycles. The van der Waals surface area contributed by atoms with Crippen molar-refractivity contribution < 1.29 is 34.9 Å². The van der Waals surface area contributed by atoms with Crippen LogP contribution in [-0.4, -0.2) is 34.6 Å². The molecule has 32 heavy (non-hydrogen) atoms. The van der Waals surface area contributed by atoms with Crippen LogP contribution in [0, 0.1) is 0 Å². The van der Waals surface area contributed by atoms with Crippen LogP contribution in [0.2, 0.25) is 6.43 Å². The molecule has 1 fully saturated rings. The first kappa shape index (κ1) is 16.3. The number of hydrogen-bond acceptors (Lipinski definition) is 4. The minimum Gasteiger partial charge on any atom is -0.346 e. The largest absolute Gasteiger partial charge is 0.349 e. The normalized spacial score (nSPS) is 21.6. The number of nitrogens with zero attached hydrogens (tertiary/aromatic N) is 1. The van der Waals surface area contributed by atoms with Crippen molar-refractivity contribution in [2.24, 2.45) is 0 Å². The Bertz CT molecular complexity index is 1340. The third-order valence-corrected chi connectivity index (χ3v) is 5.34. The van der Waals surface area contributed by atoms with E-state index in [4.69, 9.17) is 18.5 Å². The van der Waals surface area contributed by atoms with Crippen molar-refractivity contribution in [1.29, 1.82) is 0 Å². The molecule has 7 nitrogen and oxygen atoms in total. The van der Waals surface area contributed by atoms with Gasteiger partial charge in [0.25, 0.3) is 11.8 Å². The first-order valence-corrected chi connectivity index (χ1v) is 9.81. The highest BCUT2D eigenvalue weighted by Crippen LogP contribution is 2.30. The van der Waals surface area contributed by atoms with Gasteiger partial charge in [-0.15, -0.1) is 0 Å². The number of carbonyl (C=O) groups excluding carboxylic acids is 4. The summed E-state index contributed by atoms with van der Waals surface area (Å²) in [6.45, 7) is -2.68. The van der Waals surface area contributed by atoms with E-state index in [9.17, 15) is 28.0 Å². The molecule has 2 aromatic carbocycles. The fourth-order valence-corrected chi connectivity index (χ4v) is 3.56. The van der Waals surface area contributed by atoms with E-state index in [-0.39, 0.29) is 40.8 Å². The number of benzene rings is 2. The third-order valence-electron chi connectivity index (χ3n) is 5.09. The van der Waals surface area contributed by atoms with Crippen molar-refractivity contribution in [2.45, 2.75) is 37.9 Å². The van der Waals surface area contributed by atoms with Gasteiger partial charge in [-0.2, -0.15) is 8.78 Å². The lowest BCUT2D eigenvalue weighted by Gasteiger charge is -2.29.